The summed E-state index contributed by atoms with van der Waals surface area (Å²) in [5, 5.41) is 0. The molecule has 104 valence electrons. The zero-order valence-electron chi connectivity index (χ0n) is 11.1. The fourth-order valence-corrected chi connectivity index (χ4v) is 3.18. The summed E-state index contributed by atoms with van der Waals surface area (Å²) in [5.74, 6) is 0.901. The molecule has 0 saturated carbocycles. The normalized spacial score (nSPS) is 21.2. The Bertz CT molecular complexity index is 657. The number of hydrogen-bond donors (Lipinski definition) is 1. The van der Waals surface area contributed by atoms with Crippen molar-refractivity contribution in [1.29, 1.82) is 0 Å². The lowest BCUT2D eigenvalue weighted by molar-refractivity contribution is 0.161. The maximum atomic E-state index is 6.31. The van der Waals surface area contributed by atoms with E-state index < -0.39 is 0 Å². The molecular formula is C16H15Br2NO. The average Bonchev–Trinajstić information content (AvgIpc) is 2.42. The molecule has 0 radical (unpaired) electrons. The van der Waals surface area contributed by atoms with Crippen molar-refractivity contribution in [3.05, 3.63) is 62.0 Å². The lowest BCUT2D eigenvalue weighted by Gasteiger charge is -2.31. The smallest absolute Gasteiger partial charge is 0.126 e. The van der Waals surface area contributed by atoms with Crippen molar-refractivity contribution in [1.82, 2.24) is 0 Å². The van der Waals surface area contributed by atoms with Crippen molar-refractivity contribution >= 4 is 31.9 Å². The van der Waals surface area contributed by atoms with Gasteiger partial charge in [0.1, 0.15) is 11.9 Å². The minimum Gasteiger partial charge on any atom is -0.485 e. The second kappa shape index (κ2) is 5.51. The Morgan fingerprint density at radius 1 is 1.10 bits per heavy atom. The van der Waals surface area contributed by atoms with Crippen molar-refractivity contribution in [2.24, 2.45) is 5.73 Å². The summed E-state index contributed by atoms with van der Waals surface area (Å²) in [6, 6.07) is 12.4. The molecule has 2 aromatic rings. The third kappa shape index (κ3) is 2.65. The zero-order chi connectivity index (χ0) is 14.3. The van der Waals surface area contributed by atoms with E-state index in [0.29, 0.717) is 0 Å². The van der Waals surface area contributed by atoms with Crippen LogP contribution in [0.5, 0.6) is 5.75 Å². The van der Waals surface area contributed by atoms with Crippen LogP contribution in [0.4, 0.5) is 0 Å². The molecule has 20 heavy (non-hydrogen) atoms. The standard InChI is InChI=1S/C16H15Br2NO/c1-9-2-5-15-11(6-9)14(19)8-16(20-15)10-3-4-12(17)13(18)7-10/h2-7,14,16H,8,19H2,1H3/t14-,16?/m0/s1. The van der Waals surface area contributed by atoms with Crippen LogP contribution in [0.25, 0.3) is 0 Å². The van der Waals surface area contributed by atoms with Crippen molar-refractivity contribution in [2.75, 3.05) is 0 Å². The summed E-state index contributed by atoms with van der Waals surface area (Å²) >= 11 is 7.02. The first-order chi connectivity index (χ1) is 9.54. The van der Waals surface area contributed by atoms with Gasteiger partial charge in [-0.2, -0.15) is 0 Å². The van der Waals surface area contributed by atoms with Gasteiger partial charge in [0, 0.05) is 27.0 Å². The van der Waals surface area contributed by atoms with Gasteiger partial charge in [0.2, 0.25) is 0 Å². The number of fused-ring (bicyclic) bond motifs is 1. The largest absolute Gasteiger partial charge is 0.485 e. The van der Waals surface area contributed by atoms with Gasteiger partial charge < -0.3 is 10.5 Å². The highest BCUT2D eigenvalue weighted by atomic mass is 79.9. The Hall–Kier alpha value is -0.840. The van der Waals surface area contributed by atoms with E-state index in [1.54, 1.807) is 0 Å². The van der Waals surface area contributed by atoms with E-state index in [9.17, 15) is 0 Å². The molecule has 2 N–H and O–H groups in total. The van der Waals surface area contributed by atoms with Crippen LogP contribution in [0.2, 0.25) is 0 Å². The van der Waals surface area contributed by atoms with Crippen LogP contribution in [0.1, 0.15) is 35.3 Å². The Balaban J connectivity index is 1.94. The lowest BCUT2D eigenvalue weighted by atomic mass is 9.93. The van der Waals surface area contributed by atoms with Crippen LogP contribution in [-0.2, 0) is 0 Å². The molecular weight excluding hydrogens is 382 g/mol. The third-order valence-electron chi connectivity index (χ3n) is 3.62. The highest BCUT2D eigenvalue weighted by Crippen LogP contribution is 2.41. The Morgan fingerprint density at radius 2 is 1.90 bits per heavy atom. The van der Waals surface area contributed by atoms with Gasteiger partial charge >= 0.3 is 0 Å². The van der Waals surface area contributed by atoms with E-state index >= 15 is 0 Å². The molecule has 1 aliphatic rings. The predicted octanol–water partition coefficient (Wildman–Crippen LogP) is 5.04. The molecule has 1 heterocycles. The van der Waals surface area contributed by atoms with E-state index in [4.69, 9.17) is 10.5 Å². The minimum atomic E-state index is 0.00426. The average molecular weight is 397 g/mol. The highest BCUT2D eigenvalue weighted by molar-refractivity contribution is 9.13. The van der Waals surface area contributed by atoms with Gasteiger partial charge in [-0.15, -0.1) is 0 Å². The van der Waals surface area contributed by atoms with Gasteiger partial charge in [-0.1, -0.05) is 23.8 Å². The number of hydrogen-bond acceptors (Lipinski definition) is 2. The number of nitrogens with two attached hydrogens (primary N) is 1. The van der Waals surface area contributed by atoms with Crippen molar-refractivity contribution < 1.29 is 4.74 Å². The summed E-state index contributed by atoms with van der Waals surface area (Å²) in [5.41, 5.74) is 9.77. The van der Waals surface area contributed by atoms with Crippen molar-refractivity contribution in [2.45, 2.75) is 25.5 Å². The van der Waals surface area contributed by atoms with Gasteiger partial charge in [0.05, 0.1) is 0 Å². The fraction of sp³-hybridized carbons (Fsp3) is 0.250. The molecule has 1 unspecified atom stereocenters. The topological polar surface area (TPSA) is 35.2 Å². The molecule has 0 aliphatic carbocycles. The van der Waals surface area contributed by atoms with Crippen LogP contribution in [-0.4, -0.2) is 0 Å². The first-order valence-electron chi connectivity index (χ1n) is 6.52. The van der Waals surface area contributed by atoms with E-state index in [1.165, 1.54) is 5.56 Å². The molecule has 0 aromatic heterocycles. The van der Waals surface area contributed by atoms with Gasteiger partial charge in [-0.3, -0.25) is 0 Å². The maximum absolute atomic E-state index is 6.31. The van der Waals surface area contributed by atoms with Crippen LogP contribution in [0.3, 0.4) is 0 Å². The molecule has 4 heteroatoms. The first-order valence-corrected chi connectivity index (χ1v) is 8.11. The van der Waals surface area contributed by atoms with Crippen molar-refractivity contribution in [3.8, 4) is 5.75 Å². The van der Waals surface area contributed by atoms with Gasteiger partial charge in [0.25, 0.3) is 0 Å². The van der Waals surface area contributed by atoms with Crippen LogP contribution >= 0.6 is 31.9 Å². The number of benzene rings is 2. The minimum absolute atomic E-state index is 0.00426. The maximum Gasteiger partial charge on any atom is 0.126 e. The molecule has 0 bridgehead atoms. The fourth-order valence-electron chi connectivity index (χ4n) is 2.54. The molecule has 0 spiro atoms. The summed E-state index contributed by atoms with van der Waals surface area (Å²) < 4.78 is 8.19. The van der Waals surface area contributed by atoms with E-state index in [2.05, 4.69) is 63.0 Å². The Kier molecular flexibility index (Phi) is 3.89. The first kappa shape index (κ1) is 14.1. The van der Waals surface area contributed by atoms with E-state index in [0.717, 1.165) is 32.2 Å². The summed E-state index contributed by atoms with van der Waals surface area (Å²) in [4.78, 5) is 0. The predicted molar refractivity (Wildman–Crippen MR) is 87.9 cm³/mol. The number of halogens is 2. The monoisotopic (exact) mass is 395 g/mol. The highest BCUT2D eigenvalue weighted by Gasteiger charge is 2.27. The van der Waals surface area contributed by atoms with Crippen LogP contribution < -0.4 is 10.5 Å². The second-order valence-electron chi connectivity index (χ2n) is 5.16. The van der Waals surface area contributed by atoms with E-state index in [-0.39, 0.29) is 12.1 Å². The molecule has 2 atom stereocenters. The number of aryl methyl sites for hydroxylation is 1. The Labute approximate surface area is 135 Å². The van der Waals surface area contributed by atoms with Crippen LogP contribution in [0.15, 0.2) is 45.3 Å². The van der Waals surface area contributed by atoms with Gasteiger partial charge in [-0.05, 0) is 62.5 Å². The zero-order valence-corrected chi connectivity index (χ0v) is 14.2. The Morgan fingerprint density at radius 3 is 2.65 bits per heavy atom. The third-order valence-corrected chi connectivity index (χ3v) is 5.50. The molecule has 0 fully saturated rings. The lowest BCUT2D eigenvalue weighted by Crippen LogP contribution is -2.24. The summed E-state index contributed by atoms with van der Waals surface area (Å²) in [7, 11) is 0. The van der Waals surface area contributed by atoms with Crippen LogP contribution in [0, 0.1) is 6.92 Å². The number of ether oxygens (including phenoxy) is 1. The molecule has 0 amide bonds. The molecule has 1 aliphatic heterocycles. The molecule has 0 saturated heterocycles. The molecule has 3 rings (SSSR count). The quantitative estimate of drug-likeness (QED) is 0.732. The molecule has 2 nitrogen and oxygen atoms in total. The van der Waals surface area contributed by atoms with Crippen molar-refractivity contribution in [3.63, 3.8) is 0 Å². The summed E-state index contributed by atoms with van der Waals surface area (Å²) in [6.07, 6.45) is 0.800. The summed E-state index contributed by atoms with van der Waals surface area (Å²) in [6.45, 7) is 2.07. The SMILES string of the molecule is Cc1ccc2c(c1)[C@@H](N)CC(c1ccc(Br)c(Br)c1)O2. The molecule has 2 aromatic carbocycles. The van der Waals surface area contributed by atoms with E-state index in [1.807, 2.05) is 12.1 Å². The van der Waals surface area contributed by atoms with Gasteiger partial charge in [0.15, 0.2) is 0 Å². The van der Waals surface area contributed by atoms with Gasteiger partial charge in [-0.25, -0.2) is 0 Å². The second-order valence-corrected chi connectivity index (χ2v) is 6.87. The number of rotatable bonds is 1.